The van der Waals surface area contributed by atoms with E-state index in [4.69, 9.17) is 9.47 Å². The van der Waals surface area contributed by atoms with Gasteiger partial charge in [0.05, 0.1) is 31.4 Å². The van der Waals surface area contributed by atoms with Gasteiger partial charge in [-0.15, -0.1) is 0 Å². The van der Waals surface area contributed by atoms with Crippen molar-refractivity contribution >= 4 is 5.97 Å². The number of hydrogen-bond donors (Lipinski definition) is 0. The Morgan fingerprint density at radius 3 is 2.68 bits per heavy atom. The number of nitrogens with zero attached hydrogens (tertiary/aromatic N) is 3. The minimum absolute atomic E-state index is 0.168. The molecule has 1 aliphatic rings. The van der Waals surface area contributed by atoms with Gasteiger partial charge >= 0.3 is 5.97 Å². The van der Waals surface area contributed by atoms with Crippen LogP contribution in [-0.4, -0.2) is 40.7 Å². The lowest BCUT2D eigenvalue weighted by molar-refractivity contribution is -0.146. The summed E-state index contributed by atoms with van der Waals surface area (Å²) < 4.78 is 12.6. The number of methoxy groups -OCH3 is 1. The molecule has 134 valence electrons. The molecule has 0 aliphatic carbocycles. The van der Waals surface area contributed by atoms with Crippen LogP contribution in [0.1, 0.15) is 36.7 Å². The van der Waals surface area contributed by atoms with E-state index in [9.17, 15) is 4.79 Å². The fourth-order valence-corrected chi connectivity index (χ4v) is 3.37. The van der Waals surface area contributed by atoms with Crippen LogP contribution in [0.3, 0.4) is 0 Å². The third-order valence-corrected chi connectivity index (χ3v) is 4.58. The average molecular weight is 343 g/mol. The predicted octanol–water partition coefficient (Wildman–Crippen LogP) is 2.57. The molecule has 6 nitrogen and oxygen atoms in total. The van der Waals surface area contributed by atoms with Crippen LogP contribution in [0, 0.1) is 0 Å². The molecule has 0 amide bonds. The van der Waals surface area contributed by atoms with E-state index in [1.54, 1.807) is 7.11 Å². The van der Waals surface area contributed by atoms with E-state index in [1.807, 2.05) is 25.4 Å². The number of carbonyl (C=O) groups excluding carboxylic acids is 1. The van der Waals surface area contributed by atoms with Crippen molar-refractivity contribution in [2.24, 2.45) is 0 Å². The van der Waals surface area contributed by atoms with E-state index < -0.39 is 0 Å². The highest BCUT2D eigenvalue weighted by Gasteiger charge is 2.35. The highest BCUT2D eigenvalue weighted by molar-refractivity contribution is 5.78. The Kier molecular flexibility index (Phi) is 5.38. The summed E-state index contributed by atoms with van der Waals surface area (Å²) in [7, 11) is 1.66. The van der Waals surface area contributed by atoms with Crippen molar-refractivity contribution in [3.63, 3.8) is 0 Å². The molecule has 1 aromatic heterocycles. The third-order valence-electron chi connectivity index (χ3n) is 4.58. The molecule has 0 bridgehead atoms. The summed E-state index contributed by atoms with van der Waals surface area (Å²) in [5.74, 6) is 0.388. The summed E-state index contributed by atoms with van der Waals surface area (Å²) in [4.78, 5) is 19.3. The number of rotatable bonds is 6. The number of imidazole rings is 1. The van der Waals surface area contributed by atoms with E-state index in [2.05, 4.69) is 33.5 Å². The van der Waals surface area contributed by atoms with Crippen LogP contribution in [0.15, 0.2) is 30.6 Å². The van der Waals surface area contributed by atoms with E-state index in [-0.39, 0.29) is 11.9 Å². The quantitative estimate of drug-likeness (QED) is 0.755. The lowest BCUT2D eigenvalue weighted by Crippen LogP contribution is -2.38. The molecule has 0 spiro atoms. The number of fused-ring (bicyclic) bond motifs is 1. The molecule has 1 unspecified atom stereocenters. The van der Waals surface area contributed by atoms with Crippen molar-refractivity contribution in [1.29, 1.82) is 0 Å². The molecule has 6 heteroatoms. The molecule has 2 aromatic rings. The molecule has 0 fully saturated rings. The van der Waals surface area contributed by atoms with Gasteiger partial charge in [-0.2, -0.15) is 0 Å². The standard InChI is InChI=1S/C19H25N3O3/c1-4-22-13-20-17-12-21(10-14-6-8-15(24-3)9-7-14)11-16(18(17)22)19(23)25-5-2/h6-9,13,16H,4-5,10-12H2,1-3H3. The minimum Gasteiger partial charge on any atom is -0.497 e. The maximum absolute atomic E-state index is 12.5. The fraction of sp³-hybridized carbons (Fsp3) is 0.474. The highest BCUT2D eigenvalue weighted by atomic mass is 16.5. The van der Waals surface area contributed by atoms with Crippen LogP contribution in [0.5, 0.6) is 5.75 Å². The number of esters is 1. The Labute approximate surface area is 148 Å². The van der Waals surface area contributed by atoms with Crippen molar-refractivity contribution in [2.45, 2.75) is 39.4 Å². The first kappa shape index (κ1) is 17.5. The normalized spacial score (nSPS) is 17.2. The molecule has 3 rings (SSSR count). The lowest BCUT2D eigenvalue weighted by Gasteiger charge is -2.32. The average Bonchev–Trinajstić information content (AvgIpc) is 3.05. The first-order valence-corrected chi connectivity index (χ1v) is 8.72. The van der Waals surface area contributed by atoms with Gasteiger partial charge in [-0.3, -0.25) is 9.69 Å². The second-order valence-corrected chi connectivity index (χ2v) is 6.18. The van der Waals surface area contributed by atoms with Crippen LogP contribution in [0.25, 0.3) is 0 Å². The summed E-state index contributed by atoms with van der Waals surface area (Å²) in [6.07, 6.45) is 1.83. The maximum Gasteiger partial charge on any atom is 0.316 e. The smallest absolute Gasteiger partial charge is 0.316 e. The third kappa shape index (κ3) is 3.69. The van der Waals surface area contributed by atoms with Gasteiger partial charge in [0, 0.05) is 26.2 Å². The molecule has 2 heterocycles. The Hall–Kier alpha value is -2.34. The van der Waals surface area contributed by atoms with E-state index in [0.717, 1.165) is 36.8 Å². The summed E-state index contributed by atoms with van der Waals surface area (Å²) in [5, 5.41) is 0. The lowest BCUT2D eigenvalue weighted by atomic mass is 9.97. The van der Waals surface area contributed by atoms with Crippen molar-refractivity contribution < 1.29 is 14.3 Å². The summed E-state index contributed by atoms with van der Waals surface area (Å²) in [5.41, 5.74) is 3.16. The zero-order valence-electron chi connectivity index (χ0n) is 15.1. The largest absolute Gasteiger partial charge is 0.497 e. The zero-order chi connectivity index (χ0) is 17.8. The SMILES string of the molecule is CCOC(=O)C1CN(Cc2ccc(OC)cc2)Cc2ncn(CC)c21. The molecule has 0 saturated carbocycles. The Morgan fingerprint density at radius 2 is 2.04 bits per heavy atom. The summed E-state index contributed by atoms with van der Waals surface area (Å²) in [6.45, 7) is 7.24. The maximum atomic E-state index is 12.5. The molecular weight excluding hydrogens is 318 g/mol. The summed E-state index contributed by atoms with van der Waals surface area (Å²) >= 11 is 0. The number of benzene rings is 1. The van der Waals surface area contributed by atoms with Crippen molar-refractivity contribution in [2.75, 3.05) is 20.3 Å². The first-order valence-electron chi connectivity index (χ1n) is 8.72. The second-order valence-electron chi connectivity index (χ2n) is 6.18. The van der Waals surface area contributed by atoms with Crippen LogP contribution in [-0.2, 0) is 29.2 Å². The number of hydrogen-bond acceptors (Lipinski definition) is 5. The summed E-state index contributed by atoms with van der Waals surface area (Å²) in [6, 6.07) is 8.02. The van der Waals surface area contributed by atoms with E-state index >= 15 is 0 Å². The number of carbonyl (C=O) groups is 1. The van der Waals surface area contributed by atoms with Gasteiger partial charge in [0.1, 0.15) is 11.7 Å². The molecule has 1 aliphatic heterocycles. The minimum atomic E-state index is -0.288. The molecule has 25 heavy (non-hydrogen) atoms. The first-order chi connectivity index (χ1) is 12.2. The van der Waals surface area contributed by atoms with Crippen molar-refractivity contribution in [3.8, 4) is 5.75 Å². The van der Waals surface area contributed by atoms with Gasteiger partial charge in [-0.25, -0.2) is 4.98 Å². The van der Waals surface area contributed by atoms with E-state index in [0.29, 0.717) is 13.2 Å². The molecule has 0 radical (unpaired) electrons. The molecule has 1 aromatic carbocycles. The van der Waals surface area contributed by atoms with Gasteiger partial charge in [-0.05, 0) is 31.5 Å². The zero-order valence-corrected chi connectivity index (χ0v) is 15.1. The van der Waals surface area contributed by atoms with Crippen LogP contribution in [0.4, 0.5) is 0 Å². The van der Waals surface area contributed by atoms with Crippen LogP contribution >= 0.6 is 0 Å². The van der Waals surface area contributed by atoms with Crippen molar-refractivity contribution in [1.82, 2.24) is 14.5 Å². The second kappa shape index (κ2) is 7.70. The van der Waals surface area contributed by atoms with Crippen molar-refractivity contribution in [3.05, 3.63) is 47.5 Å². The number of aryl methyl sites for hydroxylation is 1. The predicted molar refractivity (Wildman–Crippen MR) is 94.4 cm³/mol. The van der Waals surface area contributed by atoms with E-state index in [1.165, 1.54) is 5.56 Å². The van der Waals surface area contributed by atoms with Gasteiger partial charge < -0.3 is 14.0 Å². The highest BCUT2D eigenvalue weighted by Crippen LogP contribution is 2.30. The van der Waals surface area contributed by atoms with Gasteiger partial charge in [-0.1, -0.05) is 12.1 Å². The topological polar surface area (TPSA) is 56.6 Å². The Bertz CT molecular complexity index is 724. The van der Waals surface area contributed by atoms with Gasteiger partial charge in [0.15, 0.2) is 0 Å². The van der Waals surface area contributed by atoms with Crippen LogP contribution < -0.4 is 4.74 Å². The van der Waals surface area contributed by atoms with Crippen LogP contribution in [0.2, 0.25) is 0 Å². The van der Waals surface area contributed by atoms with Gasteiger partial charge in [0.2, 0.25) is 0 Å². The Balaban J connectivity index is 1.81. The number of aromatic nitrogens is 2. The number of ether oxygens (including phenoxy) is 2. The molecule has 1 atom stereocenters. The van der Waals surface area contributed by atoms with Gasteiger partial charge in [0.25, 0.3) is 0 Å². The Morgan fingerprint density at radius 1 is 1.28 bits per heavy atom. The molecule has 0 saturated heterocycles. The molecule has 0 N–H and O–H groups in total. The fourth-order valence-electron chi connectivity index (χ4n) is 3.37. The molecular formula is C19H25N3O3. The monoisotopic (exact) mass is 343 g/mol.